The fourth-order valence-electron chi connectivity index (χ4n) is 3.44. The summed E-state index contributed by atoms with van der Waals surface area (Å²) in [5.41, 5.74) is 3.35. The van der Waals surface area contributed by atoms with Gasteiger partial charge in [0.1, 0.15) is 0 Å². The maximum absolute atomic E-state index is 10.4. The molecule has 0 saturated heterocycles. The minimum atomic E-state index is -4.94. The smallest absolute Gasteiger partial charge is 2.00 e. The zero-order valence-electron chi connectivity index (χ0n) is 29.4. The van der Waals surface area contributed by atoms with Crippen LogP contribution >= 0.6 is 46.4 Å². The summed E-state index contributed by atoms with van der Waals surface area (Å²) in [5.74, 6) is -2.72. The monoisotopic (exact) mass is 1030 g/mol. The number of aromatic carboxylic acids is 2. The molecule has 0 unspecified atom stereocenters. The van der Waals surface area contributed by atoms with Crippen LogP contribution in [-0.4, -0.2) is 31.9 Å². The number of hydrogen-bond donors (Lipinski definition) is 0. The van der Waals surface area contributed by atoms with E-state index in [9.17, 15) is 19.8 Å². The molecule has 0 aliphatic rings. The van der Waals surface area contributed by atoms with Gasteiger partial charge in [0, 0.05) is 35.9 Å². The van der Waals surface area contributed by atoms with E-state index in [4.69, 9.17) is 83.7 Å². The molecule has 26 heteroatoms. The SMILES string of the molecule is O=C([O-])c1c(Cl)cccc1Cl.O=C([O-])c1c(Cl)cccc1Cl.[Mn+3].[Mn+3].[O-2].[O-][Cl+3]([O-])([O-])[O-].[O-][Cl+3]([O-])([O-])[O-].[OH3+].c1ccc(-c2ccccn2)nc1.c1ccc(-c2ccccn2)nc1. The van der Waals surface area contributed by atoms with E-state index in [1.54, 1.807) is 36.9 Å². The van der Waals surface area contributed by atoms with Crippen LogP contribution in [0.5, 0.6) is 0 Å². The number of rotatable bonds is 4. The fourth-order valence-corrected chi connectivity index (χ4v) is 4.55. The van der Waals surface area contributed by atoms with Crippen molar-refractivity contribution in [3.63, 3.8) is 0 Å². The van der Waals surface area contributed by atoms with Crippen molar-refractivity contribution >= 4 is 58.3 Å². The Balaban J connectivity index is -0.000000318. The molecule has 0 spiro atoms. The topological polar surface area (TPSA) is 378 Å². The minimum absolute atomic E-state index is 0. The van der Waals surface area contributed by atoms with Crippen molar-refractivity contribution in [2.75, 3.05) is 0 Å². The molecule has 2 aromatic carbocycles. The first-order chi connectivity index (χ1) is 26.2. The Morgan fingerprint density at radius 2 is 0.583 bits per heavy atom. The van der Waals surface area contributed by atoms with Crippen LogP contribution in [0.1, 0.15) is 20.7 Å². The van der Waals surface area contributed by atoms with Gasteiger partial charge in [0.25, 0.3) is 0 Å². The molecule has 320 valence electrons. The first kappa shape index (κ1) is 63.0. The summed E-state index contributed by atoms with van der Waals surface area (Å²) in [6.07, 6.45) is 7.07. The third-order valence-electron chi connectivity index (χ3n) is 5.52. The first-order valence-electron chi connectivity index (χ1n) is 14.4. The van der Waals surface area contributed by atoms with E-state index < -0.39 is 32.4 Å². The second-order valence-corrected chi connectivity index (χ2v) is 12.5. The van der Waals surface area contributed by atoms with E-state index in [-0.39, 0.29) is 76.3 Å². The Morgan fingerprint density at radius 1 is 0.400 bits per heavy atom. The molecule has 6 aromatic rings. The molecule has 6 rings (SSSR count). The number of carbonyl (C=O) groups is 2. The summed E-state index contributed by atoms with van der Waals surface area (Å²) in [6, 6.07) is 32.1. The van der Waals surface area contributed by atoms with E-state index in [0.717, 1.165) is 22.8 Å². The largest absolute Gasteiger partial charge is 3.00 e. The molecule has 18 nitrogen and oxygen atoms in total. The van der Waals surface area contributed by atoms with Crippen LogP contribution < -0.4 is 47.5 Å². The van der Waals surface area contributed by atoms with E-state index >= 15 is 0 Å². The molecule has 4 aromatic heterocycles. The maximum Gasteiger partial charge on any atom is 3.00 e. The summed E-state index contributed by atoms with van der Waals surface area (Å²) >= 11 is 22.1. The number of halogens is 6. The molecular formula is C34H25Cl6Mn2N4O14+. The number of pyridine rings is 4. The second kappa shape index (κ2) is 33.0. The average molecular weight is 1040 g/mol. The second-order valence-electron chi connectivity index (χ2n) is 9.38. The van der Waals surface area contributed by atoms with E-state index in [2.05, 4.69) is 19.9 Å². The average Bonchev–Trinajstić information content (AvgIpc) is 3.12. The van der Waals surface area contributed by atoms with Gasteiger partial charge in [0.15, 0.2) is 0 Å². The Kier molecular flexibility index (Phi) is 34.7. The summed E-state index contributed by atoms with van der Waals surface area (Å²) in [7, 11) is -9.89. The molecule has 0 fully saturated rings. The van der Waals surface area contributed by atoms with Gasteiger partial charge in [0.2, 0.25) is 0 Å². The van der Waals surface area contributed by atoms with E-state index in [0.29, 0.717) is 0 Å². The molecular weight excluding hydrogens is 1010 g/mol. The number of nitrogens with zero attached hydrogens (tertiary/aromatic N) is 4. The molecule has 0 saturated carbocycles. The first-order valence-corrected chi connectivity index (χ1v) is 18.4. The zero-order chi connectivity index (χ0) is 42.3. The number of aromatic nitrogens is 4. The number of hydrogen-bond acceptors (Lipinski definition) is 16. The van der Waals surface area contributed by atoms with Gasteiger partial charge in [-0.1, -0.05) is 82.8 Å². The van der Waals surface area contributed by atoms with Crippen LogP contribution in [0.4, 0.5) is 0 Å². The van der Waals surface area contributed by atoms with Crippen molar-refractivity contribution in [3.8, 4) is 22.8 Å². The van der Waals surface area contributed by atoms with Crippen LogP contribution in [0.15, 0.2) is 134 Å². The third-order valence-corrected chi connectivity index (χ3v) is 6.78. The normalized spacial score (nSPS) is 9.40. The van der Waals surface area contributed by atoms with Crippen molar-refractivity contribution < 1.29 is 123 Å². The van der Waals surface area contributed by atoms with Crippen LogP contribution in [0.3, 0.4) is 0 Å². The van der Waals surface area contributed by atoms with Crippen molar-refractivity contribution in [2.45, 2.75) is 0 Å². The molecule has 0 radical (unpaired) electrons. The van der Waals surface area contributed by atoms with Crippen LogP contribution in [0.2, 0.25) is 20.1 Å². The zero-order valence-corrected chi connectivity index (χ0v) is 36.3. The van der Waals surface area contributed by atoms with Gasteiger partial charge < -0.3 is 30.8 Å². The molecule has 0 bridgehead atoms. The van der Waals surface area contributed by atoms with Crippen molar-refractivity contribution in [2.24, 2.45) is 0 Å². The predicted molar refractivity (Wildman–Crippen MR) is 182 cm³/mol. The van der Waals surface area contributed by atoms with Crippen LogP contribution in [-0.2, 0) is 45.1 Å². The van der Waals surface area contributed by atoms with Crippen molar-refractivity contribution in [3.05, 3.63) is 165 Å². The van der Waals surface area contributed by atoms with Crippen LogP contribution in [0.25, 0.3) is 22.8 Å². The summed E-state index contributed by atoms with van der Waals surface area (Å²) in [6.45, 7) is 0. The number of benzene rings is 2. The maximum atomic E-state index is 10.4. The Bertz CT molecular complexity index is 1790. The van der Waals surface area contributed by atoms with Crippen molar-refractivity contribution in [1.29, 1.82) is 0 Å². The predicted octanol–water partition coefficient (Wildman–Crippen LogP) is -3.56. The van der Waals surface area contributed by atoms with Gasteiger partial charge in [-0.2, -0.15) is 0 Å². The number of carboxylic acid groups (broad SMARTS) is 2. The Morgan fingerprint density at radius 3 is 0.700 bits per heavy atom. The van der Waals surface area contributed by atoms with Gasteiger partial charge in [-0.05, 0) is 72.8 Å². The molecule has 0 aliphatic carbocycles. The summed E-state index contributed by atoms with van der Waals surface area (Å²) in [4.78, 5) is 37.5. The molecule has 0 aliphatic heterocycles. The molecule has 60 heavy (non-hydrogen) atoms. The Labute approximate surface area is 386 Å². The standard InChI is InChI=1S/2C10H8N2.2C7H4Cl2O2.2ClHO4.2Mn.H2O.O/c2*1-3-7-11-9(5-1)10-6-2-4-8-12-10;2*8-4-2-1-3-5(9)6(4)7(10)11;2*2-1(3,4)5;;;;/h2*1-8H;2*1-3H,(H,10,11);2*(H,2,3,4,5);;;1H2;/q;;;;;;2*+3;;-2/p-3. The van der Waals surface area contributed by atoms with Gasteiger partial charge in [0.05, 0.1) is 54.8 Å². The van der Waals surface area contributed by atoms with E-state index in [1.807, 2.05) is 72.8 Å². The third kappa shape index (κ3) is 29.6. The fraction of sp³-hybridized carbons (Fsp3) is 0. The summed E-state index contributed by atoms with van der Waals surface area (Å²) < 4.78 is 67.9. The van der Waals surface area contributed by atoms with Gasteiger partial charge in [-0.15, -0.1) is 20.5 Å². The van der Waals surface area contributed by atoms with Crippen molar-refractivity contribution in [1.82, 2.24) is 19.9 Å². The quantitative estimate of drug-likeness (QED) is 0.122. The molecule has 4 heterocycles. The van der Waals surface area contributed by atoms with Gasteiger partial charge in [-0.25, -0.2) is 37.3 Å². The molecule has 0 amide bonds. The van der Waals surface area contributed by atoms with Gasteiger partial charge >= 0.3 is 34.1 Å². The van der Waals surface area contributed by atoms with E-state index in [1.165, 1.54) is 24.3 Å². The Hall–Kier alpha value is -3.64. The number of carboxylic acids is 2. The molecule has 0 atom stereocenters. The number of carbonyl (C=O) groups excluding carboxylic acids is 2. The minimum Gasteiger partial charge on any atom is -2.00 e. The van der Waals surface area contributed by atoms with Crippen LogP contribution in [0, 0.1) is 20.5 Å². The molecule has 3 N–H and O–H groups in total. The van der Waals surface area contributed by atoms with Gasteiger partial charge in [-0.3, -0.25) is 19.9 Å². The summed E-state index contributed by atoms with van der Waals surface area (Å²) in [5, 5.41) is 21.1.